The summed E-state index contributed by atoms with van der Waals surface area (Å²) in [7, 11) is 0. The lowest BCUT2D eigenvalue weighted by Crippen LogP contribution is -2.42. The minimum Gasteiger partial charge on any atom is -0.369 e. The van der Waals surface area contributed by atoms with Gasteiger partial charge in [0.15, 0.2) is 5.82 Å². The molecule has 0 bridgehead atoms. The number of aromatic amines is 1. The van der Waals surface area contributed by atoms with Gasteiger partial charge < -0.3 is 15.4 Å². The number of pyridine rings is 1. The SMILES string of the molecule is CCCCc1nnc2ccccc2c1-c1cncc(NC(=O)[C@@](O)(c2ccccc2)c2ncc[nH]2)c1. The van der Waals surface area contributed by atoms with Crippen molar-refractivity contribution in [2.45, 2.75) is 31.8 Å². The van der Waals surface area contributed by atoms with Crippen LogP contribution in [0.3, 0.4) is 0 Å². The molecule has 1 atom stereocenters. The highest BCUT2D eigenvalue weighted by Gasteiger charge is 2.42. The molecule has 0 aliphatic carbocycles. The number of nitrogens with zero attached hydrogens (tertiary/aromatic N) is 4. The van der Waals surface area contributed by atoms with Gasteiger partial charge in [-0.25, -0.2) is 4.98 Å². The van der Waals surface area contributed by atoms with Crippen molar-refractivity contribution in [2.75, 3.05) is 5.32 Å². The van der Waals surface area contributed by atoms with E-state index in [9.17, 15) is 9.90 Å². The molecule has 0 saturated carbocycles. The average Bonchev–Trinajstić information content (AvgIpc) is 3.47. The highest BCUT2D eigenvalue weighted by molar-refractivity contribution is 6.01. The highest BCUT2D eigenvalue weighted by Crippen LogP contribution is 2.33. The van der Waals surface area contributed by atoms with Crippen molar-refractivity contribution in [1.29, 1.82) is 0 Å². The Bertz CT molecular complexity index is 1490. The van der Waals surface area contributed by atoms with Gasteiger partial charge in [-0.1, -0.05) is 61.9 Å². The normalized spacial score (nSPS) is 12.8. The molecule has 3 N–H and O–H groups in total. The fourth-order valence-corrected chi connectivity index (χ4v) is 4.32. The van der Waals surface area contributed by atoms with Crippen molar-refractivity contribution < 1.29 is 9.90 Å². The van der Waals surface area contributed by atoms with Crippen LogP contribution >= 0.6 is 0 Å². The highest BCUT2D eigenvalue weighted by atomic mass is 16.3. The summed E-state index contributed by atoms with van der Waals surface area (Å²) >= 11 is 0. The minimum absolute atomic E-state index is 0.126. The zero-order valence-electron chi connectivity index (χ0n) is 19.8. The molecule has 2 aromatic carbocycles. The number of fused-ring (bicyclic) bond motifs is 1. The Balaban J connectivity index is 1.55. The first-order valence-corrected chi connectivity index (χ1v) is 11.9. The summed E-state index contributed by atoms with van der Waals surface area (Å²) in [6.45, 7) is 2.14. The molecule has 0 unspecified atom stereocenters. The van der Waals surface area contributed by atoms with E-state index in [2.05, 4.69) is 37.4 Å². The van der Waals surface area contributed by atoms with Gasteiger partial charge in [-0.15, -0.1) is 0 Å². The molecule has 0 aliphatic heterocycles. The number of carbonyl (C=O) groups is 1. The van der Waals surface area contributed by atoms with Gasteiger partial charge in [0.2, 0.25) is 5.60 Å². The second-order valence-corrected chi connectivity index (χ2v) is 8.57. The van der Waals surface area contributed by atoms with Crippen LogP contribution in [-0.4, -0.2) is 36.2 Å². The molecule has 8 heteroatoms. The summed E-state index contributed by atoms with van der Waals surface area (Å²) in [5.41, 5.74) is 2.26. The summed E-state index contributed by atoms with van der Waals surface area (Å²) in [5, 5.41) is 24.3. The van der Waals surface area contributed by atoms with Crippen LogP contribution in [0.4, 0.5) is 5.69 Å². The van der Waals surface area contributed by atoms with Gasteiger partial charge >= 0.3 is 0 Å². The van der Waals surface area contributed by atoms with E-state index < -0.39 is 11.5 Å². The van der Waals surface area contributed by atoms with E-state index in [4.69, 9.17) is 0 Å². The molecule has 5 aromatic rings. The maximum Gasteiger partial charge on any atom is 0.269 e. The molecule has 180 valence electrons. The summed E-state index contributed by atoms with van der Waals surface area (Å²) < 4.78 is 0. The van der Waals surface area contributed by atoms with Crippen molar-refractivity contribution in [1.82, 2.24) is 25.1 Å². The monoisotopic (exact) mass is 478 g/mol. The van der Waals surface area contributed by atoms with Crippen LogP contribution in [0.15, 0.2) is 85.5 Å². The summed E-state index contributed by atoms with van der Waals surface area (Å²) in [6.07, 6.45) is 9.18. The van der Waals surface area contributed by atoms with Crippen molar-refractivity contribution in [3.05, 3.63) is 103 Å². The number of imidazole rings is 1. The Hall–Kier alpha value is -4.43. The number of amides is 1. The quantitative estimate of drug-likeness (QED) is 0.299. The molecule has 3 heterocycles. The lowest BCUT2D eigenvalue weighted by molar-refractivity contribution is -0.131. The van der Waals surface area contributed by atoms with Gasteiger partial charge in [0.1, 0.15) is 0 Å². The van der Waals surface area contributed by atoms with Crippen LogP contribution in [0.1, 0.15) is 36.8 Å². The number of rotatable bonds is 8. The fraction of sp³-hybridized carbons (Fsp3) is 0.179. The van der Waals surface area contributed by atoms with Crippen molar-refractivity contribution >= 4 is 22.5 Å². The van der Waals surface area contributed by atoms with E-state index in [1.54, 1.807) is 42.9 Å². The van der Waals surface area contributed by atoms with Crippen LogP contribution in [0.25, 0.3) is 22.0 Å². The van der Waals surface area contributed by atoms with Gasteiger partial charge in [-0.2, -0.15) is 10.2 Å². The molecule has 0 aliphatic rings. The standard InChI is InChI=1S/C28H26N6O2/c1-2-3-12-24-25(22-11-7-8-13-23(22)33-34-24)19-16-21(18-29-17-19)32-27(35)28(36,26-30-14-15-31-26)20-9-5-4-6-10-20/h4-11,13-18,36H,2-3,12H2,1H3,(H,30,31)(H,32,35)/t28-/m1/s1. The van der Waals surface area contributed by atoms with E-state index in [0.29, 0.717) is 11.3 Å². The molecule has 0 saturated heterocycles. The van der Waals surface area contributed by atoms with Crippen molar-refractivity contribution in [3.8, 4) is 11.1 Å². The van der Waals surface area contributed by atoms with Crippen molar-refractivity contribution in [3.63, 3.8) is 0 Å². The third-order valence-electron chi connectivity index (χ3n) is 6.15. The number of aromatic nitrogens is 5. The van der Waals surface area contributed by atoms with Crippen LogP contribution in [0.2, 0.25) is 0 Å². The first-order valence-electron chi connectivity index (χ1n) is 11.9. The smallest absolute Gasteiger partial charge is 0.269 e. The van der Waals surface area contributed by atoms with E-state index in [-0.39, 0.29) is 5.82 Å². The van der Waals surface area contributed by atoms with Crippen LogP contribution in [0.5, 0.6) is 0 Å². The molecule has 36 heavy (non-hydrogen) atoms. The molecular weight excluding hydrogens is 452 g/mol. The van der Waals surface area contributed by atoms with E-state index in [0.717, 1.165) is 47.0 Å². The number of benzene rings is 2. The summed E-state index contributed by atoms with van der Waals surface area (Å²) in [4.78, 5) is 25.0. The Morgan fingerprint density at radius 3 is 2.64 bits per heavy atom. The van der Waals surface area contributed by atoms with E-state index in [1.807, 2.05) is 36.4 Å². The van der Waals surface area contributed by atoms with Crippen LogP contribution in [-0.2, 0) is 16.8 Å². The minimum atomic E-state index is -2.02. The van der Waals surface area contributed by atoms with E-state index in [1.165, 1.54) is 6.20 Å². The Morgan fingerprint density at radius 1 is 1.06 bits per heavy atom. The number of anilines is 1. The number of H-pyrrole nitrogens is 1. The van der Waals surface area contributed by atoms with Gasteiger partial charge in [0, 0.05) is 40.7 Å². The third-order valence-corrected chi connectivity index (χ3v) is 6.15. The number of carbonyl (C=O) groups excluding carboxylic acids is 1. The van der Waals surface area contributed by atoms with E-state index >= 15 is 0 Å². The molecule has 5 rings (SSSR count). The number of unbranched alkanes of at least 4 members (excludes halogenated alkanes) is 1. The number of aliphatic hydroxyl groups is 1. The zero-order valence-corrected chi connectivity index (χ0v) is 19.8. The number of hydrogen-bond donors (Lipinski definition) is 3. The third kappa shape index (κ3) is 4.34. The van der Waals surface area contributed by atoms with Crippen LogP contribution < -0.4 is 5.32 Å². The predicted octanol–water partition coefficient (Wildman–Crippen LogP) is 4.63. The first kappa shape index (κ1) is 23.3. The van der Waals surface area contributed by atoms with Gasteiger partial charge in [-0.05, 0) is 25.0 Å². The second kappa shape index (κ2) is 10.1. The molecule has 8 nitrogen and oxygen atoms in total. The predicted molar refractivity (Wildman–Crippen MR) is 138 cm³/mol. The fourth-order valence-electron chi connectivity index (χ4n) is 4.32. The topological polar surface area (TPSA) is 117 Å². The number of aryl methyl sites for hydroxylation is 1. The molecule has 3 aromatic heterocycles. The largest absolute Gasteiger partial charge is 0.369 e. The summed E-state index contributed by atoms with van der Waals surface area (Å²) in [6, 6.07) is 18.4. The van der Waals surface area contributed by atoms with Gasteiger partial charge in [0.25, 0.3) is 5.91 Å². The molecule has 0 fully saturated rings. The van der Waals surface area contributed by atoms with Crippen molar-refractivity contribution in [2.24, 2.45) is 0 Å². The van der Waals surface area contributed by atoms with Crippen LogP contribution in [0, 0.1) is 0 Å². The molecular formula is C28H26N6O2. The number of hydrogen-bond acceptors (Lipinski definition) is 6. The Kier molecular flexibility index (Phi) is 6.51. The number of nitrogens with one attached hydrogen (secondary N) is 2. The van der Waals surface area contributed by atoms with Gasteiger partial charge in [-0.3, -0.25) is 9.78 Å². The average molecular weight is 479 g/mol. The Morgan fingerprint density at radius 2 is 1.86 bits per heavy atom. The molecule has 0 spiro atoms. The maximum atomic E-state index is 13.5. The first-order chi connectivity index (χ1) is 17.6. The lowest BCUT2D eigenvalue weighted by Gasteiger charge is -2.25. The van der Waals surface area contributed by atoms with Gasteiger partial charge in [0.05, 0.1) is 23.1 Å². The Labute approximate surface area is 208 Å². The second-order valence-electron chi connectivity index (χ2n) is 8.57. The summed E-state index contributed by atoms with van der Waals surface area (Å²) in [5.74, 6) is -0.520. The lowest BCUT2D eigenvalue weighted by atomic mass is 9.91. The maximum absolute atomic E-state index is 13.5. The molecule has 1 amide bonds. The zero-order chi connectivity index (χ0) is 25.0. The molecule has 0 radical (unpaired) electrons.